The summed E-state index contributed by atoms with van der Waals surface area (Å²) in [4.78, 5) is 12.4. The Balaban J connectivity index is 1.52. The van der Waals surface area contributed by atoms with E-state index in [1.807, 2.05) is 16.8 Å². The maximum atomic E-state index is 12.4. The average Bonchev–Trinajstić information content (AvgIpc) is 3.24. The van der Waals surface area contributed by atoms with Crippen LogP contribution in [0.1, 0.15) is 58.8 Å². The molecular weight excluding hydrogens is 334 g/mol. The van der Waals surface area contributed by atoms with Gasteiger partial charge in [0.15, 0.2) is 0 Å². The van der Waals surface area contributed by atoms with Crippen molar-refractivity contribution >= 4 is 17.2 Å². The quantitative estimate of drug-likeness (QED) is 0.854. The van der Waals surface area contributed by atoms with Crippen LogP contribution in [0.2, 0.25) is 0 Å². The summed E-state index contributed by atoms with van der Waals surface area (Å²) in [7, 11) is 0. The molecule has 0 aromatic carbocycles. The van der Waals surface area contributed by atoms with Crippen LogP contribution in [0.4, 0.5) is 0 Å². The lowest BCUT2D eigenvalue weighted by atomic mass is 9.69. The summed E-state index contributed by atoms with van der Waals surface area (Å²) in [5.41, 5.74) is 1.16. The lowest BCUT2D eigenvalue weighted by Gasteiger charge is -2.40. The molecule has 1 aliphatic rings. The van der Waals surface area contributed by atoms with E-state index >= 15 is 0 Å². The molecule has 0 radical (unpaired) electrons. The molecule has 2 atom stereocenters. The zero-order valence-electron chi connectivity index (χ0n) is 15.2. The minimum Gasteiger partial charge on any atom is -0.421 e. The van der Waals surface area contributed by atoms with Gasteiger partial charge in [-0.25, -0.2) is 0 Å². The average molecular weight is 362 g/mol. The van der Waals surface area contributed by atoms with Gasteiger partial charge in [0.05, 0.1) is 0 Å². The van der Waals surface area contributed by atoms with Crippen LogP contribution in [0.3, 0.4) is 0 Å². The molecule has 3 rings (SSSR count). The summed E-state index contributed by atoms with van der Waals surface area (Å²) in [6.07, 6.45) is 5.61. The Morgan fingerprint density at radius 1 is 1.32 bits per heavy atom. The third-order valence-corrected chi connectivity index (χ3v) is 5.71. The molecule has 2 aromatic rings. The van der Waals surface area contributed by atoms with Crippen molar-refractivity contribution in [3.63, 3.8) is 0 Å². The maximum Gasteiger partial charge on any atom is 0.248 e. The normalized spacial score (nSPS) is 21.2. The van der Waals surface area contributed by atoms with Crippen molar-refractivity contribution < 1.29 is 9.21 Å². The lowest BCUT2D eigenvalue weighted by Crippen LogP contribution is -2.46. The van der Waals surface area contributed by atoms with Gasteiger partial charge in [-0.3, -0.25) is 4.79 Å². The van der Waals surface area contributed by atoms with Crippen molar-refractivity contribution in [2.45, 2.75) is 65.3 Å². The largest absolute Gasteiger partial charge is 0.421 e. The van der Waals surface area contributed by atoms with E-state index in [0.717, 1.165) is 12.0 Å². The molecule has 1 amide bonds. The second kappa shape index (κ2) is 7.68. The smallest absolute Gasteiger partial charge is 0.248 e. The summed E-state index contributed by atoms with van der Waals surface area (Å²) in [5, 5.41) is 15.3. The van der Waals surface area contributed by atoms with Crippen LogP contribution in [-0.4, -0.2) is 22.1 Å². The number of thiophene rings is 1. The number of amides is 1. The monoisotopic (exact) mass is 361 g/mol. The second-order valence-electron chi connectivity index (χ2n) is 7.94. The standard InChI is InChI=1S/C19H27N3O2S/c1-19(2,3)14-6-4-5-7-15(14)20-16(23)8-9-17-21-22-18(24-17)13-10-11-25-12-13/h10-12,14-15H,4-9H2,1-3H3,(H,20,23). The minimum atomic E-state index is 0.0800. The molecule has 1 N–H and O–H groups in total. The van der Waals surface area contributed by atoms with Crippen LogP contribution < -0.4 is 5.32 Å². The van der Waals surface area contributed by atoms with E-state index in [-0.39, 0.29) is 17.4 Å². The topological polar surface area (TPSA) is 68.0 Å². The van der Waals surface area contributed by atoms with Crippen molar-refractivity contribution in [1.29, 1.82) is 0 Å². The summed E-state index contributed by atoms with van der Waals surface area (Å²) < 4.78 is 5.65. The van der Waals surface area contributed by atoms with Gasteiger partial charge >= 0.3 is 0 Å². The highest BCUT2D eigenvalue weighted by molar-refractivity contribution is 7.08. The number of aromatic nitrogens is 2. The lowest BCUT2D eigenvalue weighted by molar-refractivity contribution is -0.122. The van der Waals surface area contributed by atoms with Crippen LogP contribution in [0.25, 0.3) is 11.5 Å². The number of carbonyl (C=O) groups is 1. The Morgan fingerprint density at radius 3 is 2.84 bits per heavy atom. The molecule has 0 bridgehead atoms. The van der Waals surface area contributed by atoms with Crippen molar-refractivity contribution in [2.75, 3.05) is 0 Å². The number of nitrogens with zero attached hydrogens (tertiary/aromatic N) is 2. The summed E-state index contributed by atoms with van der Waals surface area (Å²) in [6.45, 7) is 6.81. The Bertz CT molecular complexity index is 688. The predicted octanol–water partition coefficient (Wildman–Crippen LogP) is 4.45. The number of carbonyl (C=O) groups excluding carboxylic acids is 1. The van der Waals surface area contributed by atoms with Crippen molar-refractivity contribution in [2.24, 2.45) is 11.3 Å². The van der Waals surface area contributed by atoms with Crippen LogP contribution >= 0.6 is 11.3 Å². The Hall–Kier alpha value is -1.69. The zero-order chi connectivity index (χ0) is 17.9. The highest BCUT2D eigenvalue weighted by Gasteiger charge is 2.34. The van der Waals surface area contributed by atoms with Crippen molar-refractivity contribution in [3.05, 3.63) is 22.7 Å². The van der Waals surface area contributed by atoms with E-state index in [0.29, 0.717) is 30.5 Å². The fourth-order valence-corrected chi connectivity index (χ4v) is 4.33. The third kappa shape index (κ3) is 4.69. The van der Waals surface area contributed by atoms with Gasteiger partial charge in [0.25, 0.3) is 0 Å². The molecule has 5 nitrogen and oxygen atoms in total. The van der Waals surface area contributed by atoms with Gasteiger partial charge in [0, 0.05) is 29.8 Å². The van der Waals surface area contributed by atoms with Gasteiger partial charge in [0.1, 0.15) is 0 Å². The van der Waals surface area contributed by atoms with Gasteiger partial charge in [-0.15, -0.1) is 10.2 Å². The number of nitrogens with one attached hydrogen (secondary N) is 1. The first-order valence-electron chi connectivity index (χ1n) is 9.08. The molecular formula is C19H27N3O2S. The highest BCUT2D eigenvalue weighted by Crippen LogP contribution is 2.38. The fourth-order valence-electron chi connectivity index (χ4n) is 3.70. The molecule has 6 heteroatoms. The first kappa shape index (κ1) is 18.1. The molecule has 136 valence electrons. The van der Waals surface area contributed by atoms with Gasteiger partial charge in [-0.2, -0.15) is 11.3 Å². The third-order valence-electron chi connectivity index (χ3n) is 5.03. The summed E-state index contributed by atoms with van der Waals surface area (Å²) in [5.74, 6) is 1.67. The summed E-state index contributed by atoms with van der Waals surface area (Å²) in [6, 6.07) is 2.23. The Labute approximate surface area is 153 Å². The molecule has 2 aromatic heterocycles. The van der Waals surface area contributed by atoms with Gasteiger partial charge in [-0.1, -0.05) is 33.6 Å². The summed E-state index contributed by atoms with van der Waals surface area (Å²) >= 11 is 1.59. The molecule has 2 heterocycles. The SMILES string of the molecule is CC(C)(C)C1CCCCC1NC(=O)CCc1nnc(-c2ccsc2)o1. The molecule has 1 saturated carbocycles. The van der Waals surface area contributed by atoms with Crippen LogP contribution in [0.15, 0.2) is 21.2 Å². The van der Waals surface area contributed by atoms with Gasteiger partial charge in [-0.05, 0) is 35.6 Å². The molecule has 1 aliphatic carbocycles. The second-order valence-corrected chi connectivity index (χ2v) is 8.72. The number of aryl methyl sites for hydroxylation is 1. The molecule has 2 unspecified atom stereocenters. The molecule has 1 fully saturated rings. The van der Waals surface area contributed by atoms with E-state index in [4.69, 9.17) is 4.42 Å². The number of hydrogen-bond acceptors (Lipinski definition) is 5. The minimum absolute atomic E-state index is 0.0800. The first-order chi connectivity index (χ1) is 11.9. The first-order valence-corrected chi connectivity index (χ1v) is 10.0. The van der Waals surface area contributed by atoms with E-state index < -0.39 is 0 Å². The Morgan fingerprint density at radius 2 is 2.12 bits per heavy atom. The van der Waals surface area contributed by atoms with Crippen molar-refractivity contribution in [1.82, 2.24) is 15.5 Å². The maximum absolute atomic E-state index is 12.4. The van der Waals surface area contributed by atoms with Crippen LogP contribution in [0.5, 0.6) is 0 Å². The van der Waals surface area contributed by atoms with E-state index in [9.17, 15) is 4.79 Å². The molecule has 0 spiro atoms. The van der Waals surface area contributed by atoms with E-state index in [2.05, 4.69) is 36.3 Å². The van der Waals surface area contributed by atoms with E-state index in [1.165, 1.54) is 19.3 Å². The molecule has 0 saturated heterocycles. The van der Waals surface area contributed by atoms with Gasteiger partial charge in [0.2, 0.25) is 17.7 Å². The Kier molecular flexibility index (Phi) is 5.57. The highest BCUT2D eigenvalue weighted by atomic mass is 32.1. The molecule has 0 aliphatic heterocycles. The van der Waals surface area contributed by atoms with Crippen LogP contribution in [-0.2, 0) is 11.2 Å². The van der Waals surface area contributed by atoms with E-state index in [1.54, 1.807) is 11.3 Å². The number of rotatable bonds is 5. The molecule has 25 heavy (non-hydrogen) atoms. The van der Waals surface area contributed by atoms with Gasteiger partial charge < -0.3 is 9.73 Å². The predicted molar refractivity (Wildman–Crippen MR) is 99.3 cm³/mol. The fraction of sp³-hybridized carbons (Fsp3) is 0.632. The zero-order valence-corrected chi connectivity index (χ0v) is 16.1. The van der Waals surface area contributed by atoms with Crippen molar-refractivity contribution in [3.8, 4) is 11.5 Å². The number of hydrogen-bond donors (Lipinski definition) is 1. The van der Waals surface area contributed by atoms with Crippen LogP contribution in [0, 0.1) is 11.3 Å².